The minimum absolute atomic E-state index is 0.0497. The zero-order valence-corrected chi connectivity index (χ0v) is 12.8. The van der Waals surface area contributed by atoms with Crippen molar-refractivity contribution < 1.29 is 9.90 Å². The normalized spacial score (nSPS) is 20.6. The van der Waals surface area contributed by atoms with Crippen LogP contribution in [0.1, 0.15) is 62.2 Å². The number of nitrogens with one attached hydrogen (secondary N) is 2. The molecule has 0 aromatic heterocycles. The number of hydrogen-bond acceptors (Lipinski definition) is 3. The van der Waals surface area contributed by atoms with Crippen molar-refractivity contribution in [2.45, 2.75) is 57.5 Å². The van der Waals surface area contributed by atoms with Crippen molar-refractivity contribution in [3.63, 3.8) is 0 Å². The van der Waals surface area contributed by atoms with E-state index in [1.165, 1.54) is 25.7 Å². The Morgan fingerprint density at radius 2 is 1.81 bits per heavy atom. The summed E-state index contributed by atoms with van der Waals surface area (Å²) >= 11 is 0. The molecular formula is C17H26N2O2. The first-order valence-electron chi connectivity index (χ1n) is 8.01. The summed E-state index contributed by atoms with van der Waals surface area (Å²) in [6, 6.07) is 7.54. The number of benzene rings is 1. The average Bonchev–Trinajstić information content (AvgIpc) is 2.47. The smallest absolute Gasteiger partial charge is 0.255 e. The fourth-order valence-corrected chi connectivity index (χ4v) is 2.96. The van der Waals surface area contributed by atoms with Gasteiger partial charge in [0.25, 0.3) is 5.91 Å². The lowest BCUT2D eigenvalue weighted by atomic mass is 9.93. The van der Waals surface area contributed by atoms with Crippen LogP contribution in [-0.4, -0.2) is 23.3 Å². The molecular weight excluding hydrogens is 264 g/mol. The molecule has 3 N–H and O–H groups in total. The SMILES string of the molecule is CCCCCCCC1(CCO)NC(=O)c2ccccc2N1. The first kappa shape index (κ1) is 15.8. The Balaban J connectivity index is 2.04. The van der Waals surface area contributed by atoms with Gasteiger partial charge in [0.15, 0.2) is 0 Å². The van der Waals surface area contributed by atoms with Crippen molar-refractivity contribution in [3.05, 3.63) is 29.8 Å². The molecule has 21 heavy (non-hydrogen) atoms. The van der Waals surface area contributed by atoms with E-state index in [1.54, 1.807) is 0 Å². The first-order chi connectivity index (χ1) is 10.2. The second-order valence-corrected chi connectivity index (χ2v) is 5.84. The maximum Gasteiger partial charge on any atom is 0.255 e. The molecule has 0 aliphatic carbocycles. The van der Waals surface area contributed by atoms with E-state index in [9.17, 15) is 9.90 Å². The van der Waals surface area contributed by atoms with E-state index in [0.29, 0.717) is 12.0 Å². The molecule has 1 heterocycles. The van der Waals surface area contributed by atoms with Crippen LogP contribution in [0.3, 0.4) is 0 Å². The Morgan fingerprint density at radius 3 is 2.57 bits per heavy atom. The molecule has 1 atom stereocenters. The molecule has 1 aliphatic rings. The standard InChI is InChI=1S/C17H26N2O2/c1-2-3-4-5-8-11-17(12-13-20)18-15-10-7-6-9-14(15)16(21)19-17/h6-7,9-10,18,20H,2-5,8,11-13H2,1H3,(H,19,21). The van der Waals surface area contributed by atoms with E-state index >= 15 is 0 Å². The Labute approximate surface area is 126 Å². The molecule has 0 saturated heterocycles. The van der Waals surface area contributed by atoms with Gasteiger partial charge in [-0.25, -0.2) is 0 Å². The highest BCUT2D eigenvalue weighted by Crippen LogP contribution is 2.29. The summed E-state index contributed by atoms with van der Waals surface area (Å²) in [7, 11) is 0. The predicted octanol–water partition coefficient (Wildman–Crippen LogP) is 3.28. The van der Waals surface area contributed by atoms with Crippen molar-refractivity contribution in [1.82, 2.24) is 5.32 Å². The number of unbranched alkanes of at least 4 members (excludes halogenated alkanes) is 4. The van der Waals surface area contributed by atoms with Crippen LogP contribution in [0.5, 0.6) is 0 Å². The highest BCUT2D eigenvalue weighted by molar-refractivity contribution is 6.02. The summed E-state index contributed by atoms with van der Waals surface area (Å²) in [6.07, 6.45) is 7.31. The molecule has 0 saturated carbocycles. The molecule has 0 bridgehead atoms. The molecule has 1 aromatic rings. The average molecular weight is 290 g/mol. The van der Waals surface area contributed by atoms with Gasteiger partial charge >= 0.3 is 0 Å². The number of anilines is 1. The van der Waals surface area contributed by atoms with Crippen molar-refractivity contribution in [3.8, 4) is 0 Å². The molecule has 1 aliphatic heterocycles. The summed E-state index contributed by atoms with van der Waals surface area (Å²) in [5.41, 5.74) is 1.03. The third-order valence-corrected chi connectivity index (χ3v) is 4.14. The van der Waals surface area contributed by atoms with Gasteiger partial charge in [-0.2, -0.15) is 0 Å². The van der Waals surface area contributed by atoms with E-state index in [-0.39, 0.29) is 12.5 Å². The number of carbonyl (C=O) groups is 1. The zero-order chi connectivity index (χ0) is 15.1. The number of aliphatic hydroxyl groups excluding tert-OH is 1. The zero-order valence-electron chi connectivity index (χ0n) is 12.8. The van der Waals surface area contributed by atoms with Crippen molar-refractivity contribution in [1.29, 1.82) is 0 Å². The second kappa shape index (κ2) is 7.46. The number of para-hydroxylation sites is 1. The van der Waals surface area contributed by atoms with Gasteiger partial charge in [0.05, 0.1) is 5.56 Å². The minimum atomic E-state index is -0.508. The molecule has 2 rings (SSSR count). The summed E-state index contributed by atoms with van der Waals surface area (Å²) in [4.78, 5) is 12.3. The lowest BCUT2D eigenvalue weighted by Crippen LogP contribution is -2.58. The Kier molecular flexibility index (Phi) is 5.62. The number of rotatable bonds is 8. The molecule has 0 spiro atoms. The van der Waals surface area contributed by atoms with Crippen molar-refractivity contribution >= 4 is 11.6 Å². The maximum atomic E-state index is 12.3. The van der Waals surface area contributed by atoms with Gasteiger partial charge in [0, 0.05) is 18.7 Å². The molecule has 1 amide bonds. The third-order valence-electron chi connectivity index (χ3n) is 4.14. The number of fused-ring (bicyclic) bond motifs is 1. The van der Waals surface area contributed by atoms with Gasteiger partial charge in [-0.05, 0) is 25.0 Å². The molecule has 0 radical (unpaired) electrons. The van der Waals surface area contributed by atoms with E-state index in [1.807, 2.05) is 24.3 Å². The maximum absolute atomic E-state index is 12.3. The molecule has 1 aromatic carbocycles. The Hall–Kier alpha value is -1.55. The van der Waals surface area contributed by atoms with Gasteiger partial charge in [-0.15, -0.1) is 0 Å². The van der Waals surface area contributed by atoms with E-state index in [4.69, 9.17) is 0 Å². The van der Waals surface area contributed by atoms with Crippen LogP contribution >= 0.6 is 0 Å². The second-order valence-electron chi connectivity index (χ2n) is 5.84. The van der Waals surface area contributed by atoms with E-state index in [0.717, 1.165) is 18.5 Å². The topological polar surface area (TPSA) is 61.4 Å². The lowest BCUT2D eigenvalue weighted by molar-refractivity contribution is 0.0874. The van der Waals surface area contributed by atoms with Gasteiger partial charge < -0.3 is 15.7 Å². The van der Waals surface area contributed by atoms with Gasteiger partial charge in [-0.1, -0.05) is 44.7 Å². The summed E-state index contributed by atoms with van der Waals surface area (Å²) in [5.74, 6) is -0.0497. The molecule has 0 fully saturated rings. The van der Waals surface area contributed by atoms with Crippen molar-refractivity contribution in [2.75, 3.05) is 11.9 Å². The highest BCUT2D eigenvalue weighted by atomic mass is 16.3. The molecule has 4 heteroatoms. The predicted molar refractivity (Wildman–Crippen MR) is 85.3 cm³/mol. The molecule has 1 unspecified atom stereocenters. The first-order valence-corrected chi connectivity index (χ1v) is 8.01. The minimum Gasteiger partial charge on any atom is -0.396 e. The van der Waals surface area contributed by atoms with Crippen LogP contribution < -0.4 is 10.6 Å². The van der Waals surface area contributed by atoms with Crippen LogP contribution in [0.15, 0.2) is 24.3 Å². The number of carbonyl (C=O) groups excluding carboxylic acids is 1. The van der Waals surface area contributed by atoms with Crippen LogP contribution in [0.4, 0.5) is 5.69 Å². The largest absolute Gasteiger partial charge is 0.396 e. The van der Waals surface area contributed by atoms with Gasteiger partial charge in [-0.3, -0.25) is 4.79 Å². The monoisotopic (exact) mass is 290 g/mol. The quantitative estimate of drug-likeness (QED) is 0.644. The van der Waals surface area contributed by atoms with Crippen LogP contribution in [-0.2, 0) is 0 Å². The fourth-order valence-electron chi connectivity index (χ4n) is 2.96. The fraction of sp³-hybridized carbons (Fsp3) is 0.588. The van der Waals surface area contributed by atoms with Crippen molar-refractivity contribution in [2.24, 2.45) is 0 Å². The third kappa shape index (κ3) is 3.97. The van der Waals surface area contributed by atoms with Crippen LogP contribution in [0, 0.1) is 0 Å². The number of aliphatic hydroxyl groups is 1. The highest BCUT2D eigenvalue weighted by Gasteiger charge is 2.36. The summed E-state index contributed by atoms with van der Waals surface area (Å²) in [6.45, 7) is 2.26. The Bertz CT molecular complexity index is 476. The van der Waals surface area contributed by atoms with Crippen LogP contribution in [0.25, 0.3) is 0 Å². The van der Waals surface area contributed by atoms with Gasteiger partial charge in [0.1, 0.15) is 5.66 Å². The summed E-state index contributed by atoms with van der Waals surface area (Å²) in [5, 5.41) is 15.9. The van der Waals surface area contributed by atoms with E-state index < -0.39 is 5.66 Å². The number of hydrogen-bond donors (Lipinski definition) is 3. The number of amides is 1. The molecule has 4 nitrogen and oxygen atoms in total. The Morgan fingerprint density at radius 1 is 1.05 bits per heavy atom. The lowest BCUT2D eigenvalue weighted by Gasteiger charge is -2.40. The van der Waals surface area contributed by atoms with Gasteiger partial charge in [0.2, 0.25) is 0 Å². The summed E-state index contributed by atoms with van der Waals surface area (Å²) < 4.78 is 0. The molecule has 116 valence electrons. The van der Waals surface area contributed by atoms with E-state index in [2.05, 4.69) is 17.6 Å². The van der Waals surface area contributed by atoms with Crippen LogP contribution in [0.2, 0.25) is 0 Å².